The predicted octanol–water partition coefficient (Wildman–Crippen LogP) is 3.68. The Bertz CT molecular complexity index is 1240. The number of carbonyl (C=O) groups is 2. The molecule has 0 unspecified atom stereocenters. The third-order valence-corrected chi connectivity index (χ3v) is 5.91. The van der Waals surface area contributed by atoms with Gasteiger partial charge >= 0.3 is 6.03 Å². The van der Waals surface area contributed by atoms with E-state index in [9.17, 15) is 9.59 Å². The van der Waals surface area contributed by atoms with Gasteiger partial charge in [0.25, 0.3) is 0 Å². The van der Waals surface area contributed by atoms with E-state index in [0.29, 0.717) is 11.7 Å². The maximum Gasteiger partial charge on any atom is 0.321 e. The average molecular weight is 435 g/mol. The first kappa shape index (κ1) is 20.8. The van der Waals surface area contributed by atoms with Crippen molar-refractivity contribution >= 4 is 45.8 Å². The molecule has 4 aromatic rings. The molecule has 0 bridgehead atoms. The lowest BCUT2D eigenvalue weighted by Gasteiger charge is -2.15. The van der Waals surface area contributed by atoms with Gasteiger partial charge in [-0.15, -0.1) is 10.2 Å². The van der Waals surface area contributed by atoms with Crippen molar-refractivity contribution in [3.63, 3.8) is 0 Å². The third kappa shape index (κ3) is 4.22. The summed E-state index contributed by atoms with van der Waals surface area (Å²) in [5.41, 5.74) is 3.23. The summed E-state index contributed by atoms with van der Waals surface area (Å²) < 4.78 is 2.08. The largest absolute Gasteiger partial charge is 0.338 e. The molecule has 0 spiro atoms. The second-order valence-corrected chi connectivity index (χ2v) is 7.86. The van der Waals surface area contributed by atoms with Gasteiger partial charge in [-0.1, -0.05) is 60.3 Å². The van der Waals surface area contributed by atoms with E-state index in [1.54, 1.807) is 6.92 Å². The molecule has 2 N–H and O–H groups in total. The van der Waals surface area contributed by atoms with Crippen molar-refractivity contribution < 1.29 is 9.59 Å². The number of carbonyl (C=O) groups excluding carboxylic acids is 2. The van der Waals surface area contributed by atoms with Crippen LogP contribution in [0.5, 0.6) is 0 Å². The molecule has 9 heteroatoms. The third-order valence-electron chi connectivity index (χ3n) is 4.81. The highest BCUT2D eigenvalue weighted by Gasteiger charge is 2.26. The summed E-state index contributed by atoms with van der Waals surface area (Å²) in [6, 6.07) is 16.7. The lowest BCUT2D eigenvalue weighted by Crippen LogP contribution is -2.41. The van der Waals surface area contributed by atoms with E-state index in [1.807, 2.05) is 61.5 Å². The number of amides is 3. The highest BCUT2D eigenvalue weighted by molar-refractivity contribution is 8.00. The number of hydrogen-bond acceptors (Lipinski definition) is 6. The van der Waals surface area contributed by atoms with E-state index in [4.69, 9.17) is 4.98 Å². The fourth-order valence-corrected chi connectivity index (χ4v) is 4.34. The number of nitrogens with zero attached hydrogens (tertiary/aromatic N) is 4. The van der Waals surface area contributed by atoms with Crippen molar-refractivity contribution in [3.05, 3.63) is 60.2 Å². The Kier molecular flexibility index (Phi) is 6.13. The van der Waals surface area contributed by atoms with Gasteiger partial charge in [0.15, 0.2) is 5.65 Å². The highest BCUT2D eigenvalue weighted by Crippen LogP contribution is 2.35. The molecule has 8 nitrogen and oxygen atoms in total. The molecule has 0 aliphatic rings. The fourth-order valence-electron chi connectivity index (χ4n) is 3.45. The first-order valence-corrected chi connectivity index (χ1v) is 10.9. The fraction of sp³-hybridized carbons (Fsp3) is 0.227. The summed E-state index contributed by atoms with van der Waals surface area (Å²) in [5, 5.41) is 14.3. The van der Waals surface area contributed by atoms with Crippen LogP contribution < -0.4 is 10.6 Å². The number of rotatable bonds is 6. The van der Waals surface area contributed by atoms with Gasteiger partial charge in [0.05, 0.1) is 5.52 Å². The molecule has 0 aliphatic carbocycles. The second kappa shape index (κ2) is 9.13. The Labute approximate surface area is 183 Å². The van der Waals surface area contributed by atoms with E-state index >= 15 is 0 Å². The highest BCUT2D eigenvalue weighted by atomic mass is 32.2. The number of nitrogens with one attached hydrogen (secondary N) is 2. The van der Waals surface area contributed by atoms with Crippen LogP contribution in [0.25, 0.3) is 22.1 Å². The van der Waals surface area contributed by atoms with Crippen LogP contribution in [0.2, 0.25) is 0 Å². The summed E-state index contributed by atoms with van der Waals surface area (Å²) in [7, 11) is 0. The smallest absolute Gasteiger partial charge is 0.321 e. The van der Waals surface area contributed by atoms with Gasteiger partial charge in [0.2, 0.25) is 11.1 Å². The minimum Gasteiger partial charge on any atom is -0.338 e. The molecule has 31 heavy (non-hydrogen) atoms. The van der Waals surface area contributed by atoms with Crippen molar-refractivity contribution in [1.82, 2.24) is 30.4 Å². The zero-order valence-electron chi connectivity index (χ0n) is 17.2. The first-order chi connectivity index (χ1) is 15.1. The van der Waals surface area contributed by atoms with Crippen molar-refractivity contribution in [2.45, 2.75) is 30.8 Å². The molecule has 158 valence electrons. The summed E-state index contributed by atoms with van der Waals surface area (Å²) in [5.74, 6) is -0.443. The number of hydrogen-bond donors (Lipinski definition) is 2. The number of aromatic nitrogens is 4. The van der Waals surface area contributed by atoms with Gasteiger partial charge in [-0.25, -0.2) is 9.78 Å². The topological polar surface area (TPSA) is 102 Å². The van der Waals surface area contributed by atoms with Crippen LogP contribution in [0.15, 0.2) is 59.8 Å². The summed E-state index contributed by atoms with van der Waals surface area (Å²) in [4.78, 5) is 29.5. The molecule has 0 radical (unpaired) electrons. The van der Waals surface area contributed by atoms with Gasteiger partial charge in [0, 0.05) is 18.5 Å². The number of fused-ring (bicyclic) bond motifs is 3. The minimum absolute atomic E-state index is 0.366. The van der Waals surface area contributed by atoms with E-state index in [0.717, 1.165) is 45.9 Å². The lowest BCUT2D eigenvalue weighted by molar-refractivity contribution is -0.119. The quantitative estimate of drug-likeness (QED) is 0.449. The van der Waals surface area contributed by atoms with Crippen molar-refractivity contribution in [1.29, 1.82) is 0 Å². The summed E-state index contributed by atoms with van der Waals surface area (Å²) in [6.45, 7) is 4.99. The maximum absolute atomic E-state index is 12.9. The number of imide groups is 1. The van der Waals surface area contributed by atoms with E-state index in [-0.39, 0.29) is 0 Å². The van der Waals surface area contributed by atoms with Crippen molar-refractivity contribution in [3.8, 4) is 0 Å². The molecule has 3 amide bonds. The lowest BCUT2D eigenvalue weighted by atomic mass is 10.1. The molecule has 2 heterocycles. The average Bonchev–Trinajstić information content (AvgIpc) is 3.11. The zero-order valence-corrected chi connectivity index (χ0v) is 18.0. The molecular formula is C22H22N6O2S. The predicted molar refractivity (Wildman–Crippen MR) is 121 cm³/mol. The maximum atomic E-state index is 12.9. The van der Waals surface area contributed by atoms with Crippen LogP contribution in [0.3, 0.4) is 0 Å². The van der Waals surface area contributed by atoms with Crippen molar-refractivity contribution in [2.75, 3.05) is 6.54 Å². The van der Waals surface area contributed by atoms with E-state index in [2.05, 4.69) is 25.4 Å². The SMILES string of the molecule is CCNC(=O)NC(=O)[C@@H](Sc1nnc2c3ccccc3n(CC)c2n1)c1ccccc1. The van der Waals surface area contributed by atoms with Gasteiger partial charge < -0.3 is 9.88 Å². The number of thioether (sulfide) groups is 1. The van der Waals surface area contributed by atoms with Crippen LogP contribution in [0.1, 0.15) is 24.7 Å². The molecule has 1 atom stereocenters. The normalized spacial score (nSPS) is 12.1. The van der Waals surface area contributed by atoms with Crippen LogP contribution in [-0.2, 0) is 11.3 Å². The van der Waals surface area contributed by atoms with Crippen molar-refractivity contribution in [2.24, 2.45) is 0 Å². The van der Waals surface area contributed by atoms with Gasteiger partial charge in [-0.05, 0) is 25.5 Å². The Morgan fingerprint density at radius 1 is 1.03 bits per heavy atom. The number of benzene rings is 2. The van der Waals surface area contributed by atoms with Crippen LogP contribution >= 0.6 is 11.8 Å². The molecule has 0 saturated carbocycles. The number of urea groups is 1. The van der Waals surface area contributed by atoms with Gasteiger partial charge in [0.1, 0.15) is 10.8 Å². The van der Waals surface area contributed by atoms with Gasteiger partial charge in [-0.3, -0.25) is 10.1 Å². The van der Waals surface area contributed by atoms with E-state index in [1.165, 1.54) is 0 Å². The second-order valence-electron chi connectivity index (χ2n) is 6.79. The van der Waals surface area contributed by atoms with Gasteiger partial charge in [-0.2, -0.15) is 0 Å². The monoisotopic (exact) mass is 434 g/mol. The molecule has 0 fully saturated rings. The number of para-hydroxylation sites is 1. The van der Waals surface area contributed by atoms with E-state index < -0.39 is 17.2 Å². The molecule has 2 aromatic heterocycles. The Morgan fingerprint density at radius 3 is 2.52 bits per heavy atom. The summed E-state index contributed by atoms with van der Waals surface area (Å²) in [6.07, 6.45) is 0. The molecule has 2 aromatic carbocycles. The Balaban J connectivity index is 1.71. The van der Waals surface area contributed by atoms with Crippen LogP contribution in [0.4, 0.5) is 4.79 Å². The van der Waals surface area contributed by atoms with Crippen LogP contribution in [-0.4, -0.2) is 38.2 Å². The standard InChI is InChI=1S/C22H22N6O2S/c1-3-23-21(30)25-20(29)18(14-10-6-5-7-11-14)31-22-24-19-17(26-27-22)15-12-8-9-13-16(15)28(19)4-2/h5-13,18H,3-4H2,1-2H3,(H2,23,25,29,30)/t18-/m0/s1. The number of aryl methyl sites for hydroxylation is 1. The molecule has 0 saturated heterocycles. The van der Waals surface area contributed by atoms with Crippen LogP contribution in [0, 0.1) is 0 Å². The molecule has 0 aliphatic heterocycles. The molecule has 4 rings (SSSR count). The zero-order chi connectivity index (χ0) is 21.8. The summed E-state index contributed by atoms with van der Waals surface area (Å²) >= 11 is 1.16. The Morgan fingerprint density at radius 2 is 1.77 bits per heavy atom. The Hall–Kier alpha value is -3.46. The minimum atomic E-state index is -0.706. The molecular weight excluding hydrogens is 412 g/mol. The first-order valence-electron chi connectivity index (χ1n) is 10.0.